The number of hydrogen-bond donors (Lipinski definition) is 1. The Hall–Kier alpha value is -0.730. The van der Waals surface area contributed by atoms with Gasteiger partial charge in [0.1, 0.15) is 0 Å². The molecule has 0 radical (unpaired) electrons. The highest BCUT2D eigenvalue weighted by Crippen LogP contribution is 2.38. The van der Waals surface area contributed by atoms with Crippen LogP contribution in [0.5, 0.6) is 0 Å². The number of likely N-dealkylation sites (N-methyl/N-ethyl adjacent to an activating group) is 1. The first-order chi connectivity index (χ1) is 7.24. The van der Waals surface area contributed by atoms with Crippen molar-refractivity contribution in [1.29, 1.82) is 0 Å². The molecule has 15 heavy (non-hydrogen) atoms. The van der Waals surface area contributed by atoms with Gasteiger partial charge < -0.3 is 10.6 Å². The third-order valence-electron chi connectivity index (χ3n) is 3.17. The summed E-state index contributed by atoms with van der Waals surface area (Å²) in [6.07, 6.45) is 3.34. The van der Waals surface area contributed by atoms with E-state index in [-0.39, 0.29) is 0 Å². The molecule has 3 heteroatoms. The van der Waals surface area contributed by atoms with Crippen molar-refractivity contribution in [3.63, 3.8) is 0 Å². The van der Waals surface area contributed by atoms with Gasteiger partial charge in [0.15, 0.2) is 0 Å². The molecule has 0 saturated carbocycles. The molecule has 0 bridgehead atoms. The van der Waals surface area contributed by atoms with E-state index >= 15 is 0 Å². The van der Waals surface area contributed by atoms with E-state index in [0.29, 0.717) is 6.04 Å². The number of rotatable bonds is 3. The number of halogens is 1. The van der Waals surface area contributed by atoms with Gasteiger partial charge in [-0.2, -0.15) is 0 Å². The van der Waals surface area contributed by atoms with Gasteiger partial charge in [-0.15, -0.1) is 0 Å². The van der Waals surface area contributed by atoms with Crippen LogP contribution in [0.1, 0.15) is 18.4 Å². The van der Waals surface area contributed by atoms with Crippen molar-refractivity contribution in [3.8, 4) is 0 Å². The van der Waals surface area contributed by atoms with Gasteiger partial charge in [0.05, 0.1) is 10.7 Å². The average molecular weight is 225 g/mol. The molecule has 1 aliphatic rings. The van der Waals surface area contributed by atoms with Crippen LogP contribution in [0.15, 0.2) is 18.2 Å². The number of anilines is 1. The maximum absolute atomic E-state index is 6.20. The molecule has 0 spiro atoms. The molecule has 0 amide bonds. The highest BCUT2D eigenvalue weighted by Gasteiger charge is 2.27. The Morgan fingerprint density at radius 1 is 1.53 bits per heavy atom. The predicted molar refractivity (Wildman–Crippen MR) is 65.6 cm³/mol. The standard InChI is InChI=1S/C12H17ClN2/c1-15-10(5-3-7-14)8-9-4-2-6-11(13)12(9)15/h2,4,6,10H,3,5,7-8,14H2,1H3. The largest absolute Gasteiger partial charge is 0.370 e. The lowest BCUT2D eigenvalue weighted by molar-refractivity contribution is 0.584. The lowest BCUT2D eigenvalue weighted by atomic mass is 10.1. The molecule has 1 aromatic carbocycles. The SMILES string of the molecule is CN1c2c(Cl)cccc2CC1CCCN. The number of nitrogens with zero attached hydrogens (tertiary/aromatic N) is 1. The van der Waals surface area contributed by atoms with Crippen molar-refractivity contribution in [2.45, 2.75) is 25.3 Å². The van der Waals surface area contributed by atoms with E-state index in [1.54, 1.807) is 0 Å². The van der Waals surface area contributed by atoms with Gasteiger partial charge in [-0.05, 0) is 37.4 Å². The van der Waals surface area contributed by atoms with Gasteiger partial charge in [-0.3, -0.25) is 0 Å². The minimum absolute atomic E-state index is 0.573. The van der Waals surface area contributed by atoms with Crippen molar-refractivity contribution in [2.75, 3.05) is 18.5 Å². The summed E-state index contributed by atoms with van der Waals surface area (Å²) < 4.78 is 0. The third-order valence-corrected chi connectivity index (χ3v) is 3.47. The van der Waals surface area contributed by atoms with Crippen LogP contribution in [0.2, 0.25) is 5.02 Å². The van der Waals surface area contributed by atoms with E-state index in [1.807, 2.05) is 12.1 Å². The van der Waals surface area contributed by atoms with Crippen LogP contribution in [0.4, 0.5) is 5.69 Å². The Labute approximate surface area is 96.0 Å². The molecule has 2 nitrogen and oxygen atoms in total. The number of nitrogens with two attached hydrogens (primary N) is 1. The fraction of sp³-hybridized carbons (Fsp3) is 0.500. The van der Waals surface area contributed by atoms with Crippen molar-refractivity contribution in [3.05, 3.63) is 28.8 Å². The van der Waals surface area contributed by atoms with E-state index in [1.165, 1.54) is 11.3 Å². The number of hydrogen-bond acceptors (Lipinski definition) is 2. The highest BCUT2D eigenvalue weighted by molar-refractivity contribution is 6.33. The summed E-state index contributed by atoms with van der Waals surface area (Å²) in [5.41, 5.74) is 8.12. The highest BCUT2D eigenvalue weighted by atomic mass is 35.5. The number of fused-ring (bicyclic) bond motifs is 1. The molecule has 1 atom stereocenters. The summed E-state index contributed by atoms with van der Waals surface area (Å²) in [6, 6.07) is 6.73. The maximum Gasteiger partial charge on any atom is 0.0642 e. The minimum Gasteiger partial charge on any atom is -0.370 e. The van der Waals surface area contributed by atoms with Crippen molar-refractivity contribution < 1.29 is 0 Å². The molecular weight excluding hydrogens is 208 g/mol. The molecule has 0 aliphatic carbocycles. The van der Waals surface area contributed by atoms with Crippen LogP contribution < -0.4 is 10.6 Å². The zero-order valence-electron chi connectivity index (χ0n) is 9.04. The Morgan fingerprint density at radius 3 is 3.00 bits per heavy atom. The fourth-order valence-corrected chi connectivity index (χ4v) is 2.67. The second-order valence-electron chi connectivity index (χ2n) is 4.15. The van der Waals surface area contributed by atoms with Crippen molar-refractivity contribution in [1.82, 2.24) is 0 Å². The summed E-state index contributed by atoms with van der Waals surface area (Å²) in [6.45, 7) is 0.772. The lowest BCUT2D eigenvalue weighted by Gasteiger charge is -2.23. The van der Waals surface area contributed by atoms with Crippen LogP contribution in [-0.2, 0) is 6.42 Å². The summed E-state index contributed by atoms with van der Waals surface area (Å²) in [5, 5.41) is 0.866. The first-order valence-electron chi connectivity index (χ1n) is 5.44. The van der Waals surface area contributed by atoms with Crippen molar-refractivity contribution in [2.24, 2.45) is 5.73 Å². The summed E-state index contributed by atoms with van der Waals surface area (Å²) in [7, 11) is 2.12. The van der Waals surface area contributed by atoms with Crippen LogP contribution in [0, 0.1) is 0 Å². The molecule has 82 valence electrons. The maximum atomic E-state index is 6.20. The molecule has 0 fully saturated rings. The molecule has 0 saturated heterocycles. The Bertz CT molecular complexity index is 351. The van der Waals surface area contributed by atoms with E-state index < -0.39 is 0 Å². The zero-order valence-corrected chi connectivity index (χ0v) is 9.80. The molecule has 1 unspecified atom stereocenters. The first kappa shape index (κ1) is 10.8. The van der Waals surface area contributed by atoms with Crippen molar-refractivity contribution >= 4 is 17.3 Å². The van der Waals surface area contributed by atoms with Gasteiger partial charge in [-0.1, -0.05) is 23.7 Å². The predicted octanol–water partition coefficient (Wildman–Crippen LogP) is 2.44. The summed E-state index contributed by atoms with van der Waals surface area (Å²) in [5.74, 6) is 0. The quantitative estimate of drug-likeness (QED) is 0.855. The first-order valence-corrected chi connectivity index (χ1v) is 5.82. The molecule has 2 rings (SSSR count). The molecule has 1 heterocycles. The summed E-state index contributed by atoms with van der Waals surface area (Å²) >= 11 is 6.20. The molecule has 2 N–H and O–H groups in total. The van der Waals surface area contributed by atoms with E-state index in [4.69, 9.17) is 17.3 Å². The van der Waals surface area contributed by atoms with Crippen LogP contribution in [-0.4, -0.2) is 19.6 Å². The summed E-state index contributed by atoms with van der Waals surface area (Å²) in [4.78, 5) is 2.30. The zero-order chi connectivity index (χ0) is 10.8. The Balaban J connectivity index is 2.18. The van der Waals surface area contributed by atoms with E-state index in [9.17, 15) is 0 Å². The lowest BCUT2D eigenvalue weighted by Crippen LogP contribution is -2.28. The van der Waals surface area contributed by atoms with Gasteiger partial charge in [0.2, 0.25) is 0 Å². The topological polar surface area (TPSA) is 29.3 Å². The normalized spacial score (nSPS) is 19.4. The molecular formula is C12H17ClN2. The number of benzene rings is 1. The van der Waals surface area contributed by atoms with Crippen LogP contribution >= 0.6 is 11.6 Å². The van der Waals surface area contributed by atoms with Gasteiger partial charge >= 0.3 is 0 Å². The van der Waals surface area contributed by atoms with E-state index in [2.05, 4.69) is 18.0 Å². The Kier molecular flexibility index (Phi) is 3.17. The smallest absolute Gasteiger partial charge is 0.0642 e. The molecule has 1 aliphatic heterocycles. The average Bonchev–Trinajstić information content (AvgIpc) is 2.54. The molecule has 0 aromatic heterocycles. The second-order valence-corrected chi connectivity index (χ2v) is 4.55. The monoisotopic (exact) mass is 224 g/mol. The van der Waals surface area contributed by atoms with Gasteiger partial charge in [0.25, 0.3) is 0 Å². The Morgan fingerprint density at radius 2 is 2.33 bits per heavy atom. The van der Waals surface area contributed by atoms with Crippen LogP contribution in [0.3, 0.4) is 0 Å². The van der Waals surface area contributed by atoms with E-state index in [0.717, 1.165) is 30.8 Å². The second kappa shape index (κ2) is 4.42. The number of para-hydroxylation sites is 1. The third kappa shape index (κ3) is 1.97. The van der Waals surface area contributed by atoms with Crippen LogP contribution in [0.25, 0.3) is 0 Å². The van der Waals surface area contributed by atoms with Gasteiger partial charge in [-0.25, -0.2) is 0 Å². The van der Waals surface area contributed by atoms with Gasteiger partial charge in [0, 0.05) is 13.1 Å². The molecule has 1 aromatic rings. The minimum atomic E-state index is 0.573. The fourth-order valence-electron chi connectivity index (χ4n) is 2.34.